The number of nitrogens with two attached hydrogens (primary N) is 1. The molecule has 4 nitrogen and oxygen atoms in total. The predicted molar refractivity (Wildman–Crippen MR) is 87.2 cm³/mol. The highest BCUT2D eigenvalue weighted by atomic mass is 15.1. The predicted octanol–water partition coefficient (Wildman–Crippen LogP) is 3.22. The van der Waals surface area contributed by atoms with Gasteiger partial charge in [0, 0.05) is 18.3 Å². The minimum atomic E-state index is 0.0209. The summed E-state index contributed by atoms with van der Waals surface area (Å²) in [7, 11) is 0. The van der Waals surface area contributed by atoms with Gasteiger partial charge in [-0.1, -0.05) is 13.0 Å². The fourth-order valence-corrected chi connectivity index (χ4v) is 2.28. The Hall–Kier alpha value is -1.94. The third kappa shape index (κ3) is 4.02. The molecule has 0 amide bonds. The average Bonchev–Trinajstić information content (AvgIpc) is 2.52. The van der Waals surface area contributed by atoms with Crippen molar-refractivity contribution in [3.05, 3.63) is 53.6 Å². The van der Waals surface area contributed by atoms with E-state index in [1.807, 2.05) is 31.3 Å². The standard InChI is InChI=1S/C17H24N4/c1-4-16(18)17-10-9-15(11-19-17)21(5-2)12-14-8-6-7-13(3)20-14/h6-11,16H,4-5,12,18H2,1-3H3. The molecular weight excluding hydrogens is 260 g/mol. The molecule has 0 aromatic carbocycles. The summed E-state index contributed by atoms with van der Waals surface area (Å²) >= 11 is 0. The Morgan fingerprint density at radius 3 is 2.57 bits per heavy atom. The molecule has 0 aliphatic heterocycles. The summed E-state index contributed by atoms with van der Waals surface area (Å²) in [6.45, 7) is 7.93. The summed E-state index contributed by atoms with van der Waals surface area (Å²) in [6.07, 6.45) is 2.81. The monoisotopic (exact) mass is 284 g/mol. The number of pyridine rings is 2. The summed E-state index contributed by atoms with van der Waals surface area (Å²) < 4.78 is 0. The van der Waals surface area contributed by atoms with E-state index in [1.54, 1.807) is 0 Å². The van der Waals surface area contributed by atoms with Crippen molar-refractivity contribution in [3.8, 4) is 0 Å². The maximum atomic E-state index is 6.01. The van der Waals surface area contributed by atoms with Crippen molar-refractivity contribution in [1.29, 1.82) is 0 Å². The van der Waals surface area contributed by atoms with Crippen LogP contribution in [0.1, 0.15) is 43.4 Å². The lowest BCUT2D eigenvalue weighted by Crippen LogP contribution is -2.23. The molecule has 0 saturated carbocycles. The van der Waals surface area contributed by atoms with Crippen molar-refractivity contribution in [2.45, 2.75) is 39.8 Å². The van der Waals surface area contributed by atoms with Crippen LogP contribution in [0.25, 0.3) is 0 Å². The molecule has 0 aliphatic rings. The third-order valence-corrected chi connectivity index (χ3v) is 3.64. The quantitative estimate of drug-likeness (QED) is 0.885. The molecule has 0 bridgehead atoms. The fraction of sp³-hybridized carbons (Fsp3) is 0.412. The summed E-state index contributed by atoms with van der Waals surface area (Å²) in [4.78, 5) is 11.3. The lowest BCUT2D eigenvalue weighted by Gasteiger charge is -2.23. The largest absolute Gasteiger partial charge is 0.365 e. The number of hydrogen-bond donors (Lipinski definition) is 1. The minimum absolute atomic E-state index is 0.0209. The van der Waals surface area contributed by atoms with E-state index in [1.165, 1.54) is 0 Å². The Labute approximate surface area is 127 Å². The molecule has 0 spiro atoms. The van der Waals surface area contributed by atoms with Crippen molar-refractivity contribution < 1.29 is 0 Å². The van der Waals surface area contributed by atoms with Crippen LogP contribution >= 0.6 is 0 Å². The van der Waals surface area contributed by atoms with Crippen LogP contribution in [0.2, 0.25) is 0 Å². The second-order valence-corrected chi connectivity index (χ2v) is 5.24. The number of anilines is 1. The first kappa shape index (κ1) is 15.4. The fourth-order valence-electron chi connectivity index (χ4n) is 2.28. The molecule has 2 aromatic rings. The second-order valence-electron chi connectivity index (χ2n) is 5.24. The SMILES string of the molecule is CCC(N)c1ccc(N(CC)Cc2cccc(C)n2)cn1. The first-order valence-electron chi connectivity index (χ1n) is 7.53. The van der Waals surface area contributed by atoms with Crippen LogP contribution < -0.4 is 10.6 Å². The van der Waals surface area contributed by atoms with Crippen LogP contribution in [0.5, 0.6) is 0 Å². The zero-order valence-corrected chi connectivity index (χ0v) is 13.1. The molecule has 0 radical (unpaired) electrons. The van der Waals surface area contributed by atoms with Crippen molar-refractivity contribution in [1.82, 2.24) is 9.97 Å². The van der Waals surface area contributed by atoms with Crippen LogP contribution in [0.4, 0.5) is 5.69 Å². The lowest BCUT2D eigenvalue weighted by atomic mass is 10.1. The van der Waals surface area contributed by atoms with Crippen LogP contribution in [0.3, 0.4) is 0 Å². The second kappa shape index (κ2) is 7.18. The summed E-state index contributed by atoms with van der Waals surface area (Å²) in [5.74, 6) is 0. The van der Waals surface area contributed by atoms with Crippen molar-refractivity contribution >= 4 is 5.69 Å². The molecule has 21 heavy (non-hydrogen) atoms. The molecule has 1 atom stereocenters. The highest BCUT2D eigenvalue weighted by molar-refractivity contribution is 5.45. The van der Waals surface area contributed by atoms with Gasteiger partial charge in [0.05, 0.1) is 29.8 Å². The number of aromatic nitrogens is 2. The van der Waals surface area contributed by atoms with E-state index < -0.39 is 0 Å². The van der Waals surface area contributed by atoms with Crippen LogP contribution in [0.15, 0.2) is 36.5 Å². The van der Waals surface area contributed by atoms with E-state index in [0.29, 0.717) is 0 Å². The average molecular weight is 284 g/mol. The van der Waals surface area contributed by atoms with Gasteiger partial charge in [0.2, 0.25) is 0 Å². The highest BCUT2D eigenvalue weighted by Crippen LogP contribution is 2.18. The Morgan fingerprint density at radius 1 is 1.19 bits per heavy atom. The minimum Gasteiger partial charge on any atom is -0.365 e. The van der Waals surface area contributed by atoms with Gasteiger partial charge in [0.25, 0.3) is 0 Å². The van der Waals surface area contributed by atoms with Gasteiger partial charge in [-0.2, -0.15) is 0 Å². The maximum absolute atomic E-state index is 6.01. The first-order chi connectivity index (χ1) is 10.1. The third-order valence-electron chi connectivity index (χ3n) is 3.64. The molecule has 1 unspecified atom stereocenters. The van der Waals surface area contributed by atoms with Gasteiger partial charge in [-0.15, -0.1) is 0 Å². The molecule has 4 heteroatoms. The van der Waals surface area contributed by atoms with Gasteiger partial charge < -0.3 is 10.6 Å². The van der Waals surface area contributed by atoms with Crippen LogP contribution in [-0.4, -0.2) is 16.5 Å². The zero-order chi connectivity index (χ0) is 15.2. The molecule has 0 aliphatic carbocycles. The molecule has 0 fully saturated rings. The van der Waals surface area contributed by atoms with E-state index in [-0.39, 0.29) is 6.04 Å². The molecule has 112 valence electrons. The van der Waals surface area contributed by atoms with Crippen molar-refractivity contribution in [3.63, 3.8) is 0 Å². The lowest BCUT2D eigenvalue weighted by molar-refractivity contribution is 0.674. The van der Waals surface area contributed by atoms with Crippen LogP contribution in [-0.2, 0) is 6.54 Å². The normalized spacial score (nSPS) is 12.2. The molecule has 2 heterocycles. The molecule has 2 rings (SSSR count). The van der Waals surface area contributed by atoms with E-state index in [0.717, 1.165) is 42.3 Å². The number of aryl methyl sites for hydroxylation is 1. The number of hydrogen-bond acceptors (Lipinski definition) is 4. The van der Waals surface area contributed by atoms with Gasteiger partial charge >= 0.3 is 0 Å². The summed E-state index contributed by atoms with van der Waals surface area (Å²) in [5, 5.41) is 0. The van der Waals surface area contributed by atoms with E-state index in [2.05, 4.69) is 40.8 Å². The Bertz CT molecular complexity index is 565. The Kier molecular flexibility index (Phi) is 5.28. The first-order valence-corrected chi connectivity index (χ1v) is 7.53. The van der Waals surface area contributed by atoms with Gasteiger partial charge in [-0.25, -0.2) is 0 Å². The van der Waals surface area contributed by atoms with Crippen molar-refractivity contribution in [2.24, 2.45) is 5.73 Å². The van der Waals surface area contributed by atoms with Crippen molar-refractivity contribution in [2.75, 3.05) is 11.4 Å². The Morgan fingerprint density at radius 2 is 2.00 bits per heavy atom. The van der Waals surface area contributed by atoms with E-state index in [9.17, 15) is 0 Å². The summed E-state index contributed by atoms with van der Waals surface area (Å²) in [5.41, 5.74) is 10.2. The number of rotatable bonds is 6. The zero-order valence-electron chi connectivity index (χ0n) is 13.1. The molecule has 2 aromatic heterocycles. The van der Waals surface area contributed by atoms with Gasteiger partial charge in [-0.3, -0.25) is 9.97 Å². The molecular formula is C17H24N4. The van der Waals surface area contributed by atoms with Crippen LogP contribution in [0, 0.1) is 6.92 Å². The smallest absolute Gasteiger partial charge is 0.0602 e. The van der Waals surface area contributed by atoms with Gasteiger partial charge in [-0.05, 0) is 44.5 Å². The highest BCUT2D eigenvalue weighted by Gasteiger charge is 2.09. The molecule has 2 N–H and O–H groups in total. The van der Waals surface area contributed by atoms with Gasteiger partial charge in [0.1, 0.15) is 0 Å². The number of nitrogens with zero attached hydrogens (tertiary/aromatic N) is 3. The topological polar surface area (TPSA) is 55.0 Å². The molecule has 0 saturated heterocycles. The Balaban J connectivity index is 2.14. The van der Waals surface area contributed by atoms with E-state index >= 15 is 0 Å². The van der Waals surface area contributed by atoms with E-state index in [4.69, 9.17) is 5.73 Å². The summed E-state index contributed by atoms with van der Waals surface area (Å²) in [6, 6.07) is 10.3. The maximum Gasteiger partial charge on any atom is 0.0602 e. The van der Waals surface area contributed by atoms with Gasteiger partial charge in [0.15, 0.2) is 0 Å².